The number of nitrogens with one attached hydrogen (secondary N) is 1. The first-order valence-corrected chi connectivity index (χ1v) is 10.7. The van der Waals surface area contributed by atoms with Gasteiger partial charge >= 0.3 is 0 Å². The van der Waals surface area contributed by atoms with Crippen molar-refractivity contribution >= 4 is 90.7 Å². The van der Waals surface area contributed by atoms with Gasteiger partial charge in [-0.3, -0.25) is 19.3 Å². The molecule has 0 saturated carbocycles. The second kappa shape index (κ2) is 8.76. The predicted molar refractivity (Wildman–Crippen MR) is 120 cm³/mol. The molecule has 9 heteroatoms. The molecule has 3 amide bonds. The van der Waals surface area contributed by atoms with E-state index in [9.17, 15) is 14.4 Å². The number of carbonyl (C=O) groups excluding carboxylic acids is 3. The van der Waals surface area contributed by atoms with E-state index >= 15 is 0 Å². The summed E-state index contributed by atoms with van der Waals surface area (Å²) in [5.41, 5.74) is 1.30. The van der Waals surface area contributed by atoms with E-state index < -0.39 is 17.1 Å². The largest absolute Gasteiger partial charge is 0.324 e. The van der Waals surface area contributed by atoms with E-state index in [4.69, 9.17) is 11.6 Å². The molecule has 0 aromatic heterocycles. The van der Waals surface area contributed by atoms with Crippen molar-refractivity contribution in [3.63, 3.8) is 0 Å². The molecule has 0 radical (unpaired) electrons. The number of anilines is 1. The van der Waals surface area contributed by atoms with Gasteiger partial charge < -0.3 is 5.32 Å². The molecule has 2 aromatic carbocycles. The summed E-state index contributed by atoms with van der Waals surface area (Å²) in [6.07, 6.45) is 1.65. The van der Waals surface area contributed by atoms with Crippen LogP contribution in [0.5, 0.6) is 0 Å². The van der Waals surface area contributed by atoms with Gasteiger partial charge in [-0.15, -0.1) is 0 Å². The lowest BCUT2D eigenvalue weighted by Crippen LogP contribution is -2.36. The molecule has 1 saturated heterocycles. The minimum Gasteiger partial charge on any atom is -0.324 e. The van der Waals surface area contributed by atoms with Gasteiger partial charge in [-0.2, -0.15) is 0 Å². The molecule has 0 unspecified atom stereocenters. The summed E-state index contributed by atoms with van der Waals surface area (Å²) in [7, 11) is 0. The molecule has 3 rings (SSSR count). The first kappa shape index (κ1) is 20.4. The fourth-order valence-electron chi connectivity index (χ4n) is 2.26. The number of halogens is 3. The van der Waals surface area contributed by atoms with Crippen molar-refractivity contribution in [2.24, 2.45) is 0 Å². The first-order chi connectivity index (χ1) is 12.8. The van der Waals surface area contributed by atoms with Gasteiger partial charge in [0.15, 0.2) is 0 Å². The molecular formula is C18H11BrClIN2O3S. The summed E-state index contributed by atoms with van der Waals surface area (Å²) < 4.78 is 1.77. The van der Waals surface area contributed by atoms with Crippen LogP contribution in [0.25, 0.3) is 6.08 Å². The average molecular weight is 578 g/mol. The lowest BCUT2D eigenvalue weighted by molar-refractivity contribution is -0.127. The number of nitrogens with zero attached hydrogens (tertiary/aromatic N) is 1. The van der Waals surface area contributed by atoms with Crippen molar-refractivity contribution in [3.05, 3.63) is 66.0 Å². The molecule has 5 nitrogen and oxygen atoms in total. The Morgan fingerprint density at radius 3 is 2.59 bits per heavy atom. The second-order valence-electron chi connectivity index (χ2n) is 5.50. The lowest BCUT2D eigenvalue weighted by Gasteiger charge is -2.12. The number of amides is 3. The highest BCUT2D eigenvalue weighted by Crippen LogP contribution is 2.32. The van der Waals surface area contributed by atoms with Gasteiger partial charge in [-0.05, 0) is 92.3 Å². The topological polar surface area (TPSA) is 66.5 Å². The standard InChI is InChI=1S/C18H11BrClIN2O3S/c19-13-6-5-12(8-14(13)20)22-16(24)9-23-17(25)15(27-18(23)26)7-10-1-3-11(21)4-2-10/h1-8H,9H2,(H,22,24)/b15-7-. The maximum Gasteiger partial charge on any atom is 0.294 e. The van der Waals surface area contributed by atoms with E-state index in [2.05, 4.69) is 43.8 Å². The third-order valence-corrected chi connectivity index (χ3v) is 6.41. The lowest BCUT2D eigenvalue weighted by atomic mass is 10.2. The van der Waals surface area contributed by atoms with Crippen molar-refractivity contribution < 1.29 is 14.4 Å². The van der Waals surface area contributed by atoms with Crippen LogP contribution in [-0.4, -0.2) is 28.5 Å². The van der Waals surface area contributed by atoms with E-state index in [-0.39, 0.29) is 6.54 Å². The summed E-state index contributed by atoms with van der Waals surface area (Å²) in [5.74, 6) is -0.959. The zero-order valence-corrected chi connectivity index (χ0v) is 18.9. The normalized spacial score (nSPS) is 15.5. The summed E-state index contributed by atoms with van der Waals surface area (Å²) >= 11 is 12.3. The van der Waals surface area contributed by atoms with Crippen LogP contribution >= 0.6 is 61.9 Å². The van der Waals surface area contributed by atoms with Gasteiger partial charge in [0.1, 0.15) is 6.54 Å². The third kappa shape index (κ3) is 5.13. The Bertz CT molecular complexity index is 966. The van der Waals surface area contributed by atoms with E-state index in [1.165, 1.54) is 0 Å². The number of carbonyl (C=O) groups is 3. The van der Waals surface area contributed by atoms with Crippen molar-refractivity contribution in [1.29, 1.82) is 0 Å². The van der Waals surface area contributed by atoms with E-state index in [0.717, 1.165) is 25.8 Å². The Balaban J connectivity index is 1.68. The van der Waals surface area contributed by atoms with Crippen LogP contribution in [-0.2, 0) is 9.59 Å². The molecule has 1 aliphatic heterocycles. The van der Waals surface area contributed by atoms with E-state index in [1.54, 1.807) is 24.3 Å². The van der Waals surface area contributed by atoms with Gasteiger partial charge in [0, 0.05) is 13.7 Å². The molecule has 1 N–H and O–H groups in total. The van der Waals surface area contributed by atoms with Crippen LogP contribution in [0, 0.1) is 3.57 Å². The Morgan fingerprint density at radius 2 is 1.93 bits per heavy atom. The Labute approximate surface area is 186 Å². The predicted octanol–water partition coefficient (Wildman–Crippen LogP) is 5.38. The highest BCUT2D eigenvalue weighted by Gasteiger charge is 2.36. The quantitative estimate of drug-likeness (QED) is 0.392. The Hall–Kier alpha value is -1.36. The maximum absolute atomic E-state index is 12.5. The van der Waals surface area contributed by atoms with Crippen LogP contribution < -0.4 is 5.32 Å². The average Bonchev–Trinajstić information content (AvgIpc) is 2.87. The highest BCUT2D eigenvalue weighted by molar-refractivity contribution is 14.1. The molecule has 138 valence electrons. The van der Waals surface area contributed by atoms with Gasteiger partial charge in [0.25, 0.3) is 11.1 Å². The number of rotatable bonds is 4. The van der Waals surface area contributed by atoms with Gasteiger partial charge in [0.05, 0.1) is 9.93 Å². The third-order valence-electron chi connectivity index (χ3n) is 3.55. The van der Waals surface area contributed by atoms with Crippen LogP contribution in [0.2, 0.25) is 5.02 Å². The zero-order valence-electron chi connectivity index (χ0n) is 13.5. The van der Waals surface area contributed by atoms with Crippen molar-refractivity contribution in [3.8, 4) is 0 Å². The van der Waals surface area contributed by atoms with Gasteiger partial charge in [0.2, 0.25) is 5.91 Å². The second-order valence-corrected chi connectivity index (χ2v) is 9.00. The first-order valence-electron chi connectivity index (χ1n) is 7.59. The number of imide groups is 1. The summed E-state index contributed by atoms with van der Waals surface area (Å²) in [5, 5.41) is 2.60. The van der Waals surface area contributed by atoms with E-state index in [1.807, 2.05) is 24.3 Å². The van der Waals surface area contributed by atoms with Crippen LogP contribution in [0.3, 0.4) is 0 Å². The van der Waals surface area contributed by atoms with Crippen molar-refractivity contribution in [1.82, 2.24) is 4.90 Å². The van der Waals surface area contributed by atoms with Crippen LogP contribution in [0.15, 0.2) is 51.8 Å². The molecule has 2 aromatic rings. The van der Waals surface area contributed by atoms with Crippen molar-refractivity contribution in [2.75, 3.05) is 11.9 Å². The smallest absolute Gasteiger partial charge is 0.294 e. The minimum atomic E-state index is -0.480. The maximum atomic E-state index is 12.5. The van der Waals surface area contributed by atoms with Gasteiger partial charge in [-0.1, -0.05) is 23.7 Å². The number of benzene rings is 2. The number of hydrogen-bond donors (Lipinski definition) is 1. The summed E-state index contributed by atoms with van der Waals surface area (Å²) in [4.78, 5) is 38.1. The monoisotopic (exact) mass is 576 g/mol. The molecule has 27 heavy (non-hydrogen) atoms. The zero-order chi connectivity index (χ0) is 19.6. The molecule has 0 aliphatic carbocycles. The Kier molecular flexibility index (Phi) is 6.61. The number of hydrogen-bond acceptors (Lipinski definition) is 4. The van der Waals surface area contributed by atoms with Crippen LogP contribution in [0.4, 0.5) is 10.5 Å². The summed E-state index contributed by atoms with van der Waals surface area (Å²) in [6.45, 7) is -0.359. The molecule has 1 heterocycles. The molecule has 0 spiro atoms. The fourth-order valence-corrected chi connectivity index (χ4v) is 3.89. The van der Waals surface area contributed by atoms with Gasteiger partial charge in [-0.25, -0.2) is 0 Å². The molecule has 0 atom stereocenters. The highest BCUT2D eigenvalue weighted by atomic mass is 127. The fraction of sp³-hybridized carbons (Fsp3) is 0.0556. The van der Waals surface area contributed by atoms with Crippen LogP contribution in [0.1, 0.15) is 5.56 Å². The molecular weight excluding hydrogens is 567 g/mol. The Morgan fingerprint density at radius 1 is 1.22 bits per heavy atom. The number of thioether (sulfide) groups is 1. The van der Waals surface area contributed by atoms with Crippen molar-refractivity contribution in [2.45, 2.75) is 0 Å². The summed E-state index contributed by atoms with van der Waals surface area (Å²) in [6, 6.07) is 12.5. The SMILES string of the molecule is O=C(CN1C(=O)S/C(=C\c2ccc(I)cc2)C1=O)Nc1ccc(Br)c(Cl)c1. The molecule has 1 fully saturated rings. The molecule has 1 aliphatic rings. The minimum absolute atomic E-state index is 0.292. The van der Waals surface area contributed by atoms with E-state index in [0.29, 0.717) is 20.1 Å². The molecule has 0 bridgehead atoms.